The molecule has 4 nitrogen and oxygen atoms in total. The number of amides is 1. The molecule has 0 saturated carbocycles. The highest BCUT2D eigenvalue weighted by Gasteiger charge is 2.33. The molecule has 1 amide bonds. The molecule has 0 aliphatic carbocycles. The Morgan fingerprint density at radius 2 is 2.00 bits per heavy atom. The van der Waals surface area contributed by atoms with Crippen LogP contribution in [0.2, 0.25) is 0 Å². The molecule has 106 valence electrons. The van der Waals surface area contributed by atoms with Crippen molar-refractivity contribution in [3.63, 3.8) is 0 Å². The lowest BCUT2D eigenvalue weighted by molar-refractivity contribution is -0.141. The average Bonchev–Trinajstić information content (AvgIpc) is 2.29. The first-order valence-corrected chi connectivity index (χ1v) is 5.51. The maximum atomic E-state index is 12.3. The van der Waals surface area contributed by atoms with Crippen LogP contribution in [0.4, 0.5) is 13.2 Å². The first-order chi connectivity index (χ1) is 8.74. The maximum Gasteiger partial charge on any atom is 0.406 e. The molecule has 2 N–H and O–H groups in total. The molecule has 0 bridgehead atoms. The zero-order chi connectivity index (χ0) is 14.6. The number of alkyl halides is 3. The van der Waals surface area contributed by atoms with E-state index in [9.17, 15) is 23.1 Å². The predicted molar refractivity (Wildman–Crippen MR) is 61.9 cm³/mol. The Bertz CT molecular complexity index is 460. The maximum absolute atomic E-state index is 12.3. The van der Waals surface area contributed by atoms with E-state index in [1.165, 1.54) is 18.2 Å². The summed E-state index contributed by atoms with van der Waals surface area (Å²) in [5, 5.41) is 18.3. The predicted octanol–water partition coefficient (Wildman–Crippen LogP) is 1.70. The zero-order valence-electron chi connectivity index (χ0n) is 10.2. The van der Waals surface area contributed by atoms with Gasteiger partial charge in [0.15, 0.2) is 0 Å². The van der Waals surface area contributed by atoms with Gasteiger partial charge in [-0.15, -0.1) is 0 Å². The summed E-state index contributed by atoms with van der Waals surface area (Å²) in [5.41, 5.74) is 0.426. The van der Waals surface area contributed by atoms with Crippen molar-refractivity contribution < 1.29 is 28.2 Å². The SMILES string of the molecule is Cc1ccc(O)c(C(=O)N(CCO)CC(F)(F)F)c1. The summed E-state index contributed by atoms with van der Waals surface area (Å²) in [5.74, 6) is -1.35. The van der Waals surface area contributed by atoms with Gasteiger partial charge in [-0.1, -0.05) is 11.6 Å². The molecule has 0 aromatic heterocycles. The van der Waals surface area contributed by atoms with E-state index in [2.05, 4.69) is 0 Å². The number of aryl methyl sites for hydroxylation is 1. The number of carbonyl (C=O) groups excluding carboxylic acids is 1. The van der Waals surface area contributed by atoms with Gasteiger partial charge in [-0.3, -0.25) is 4.79 Å². The second-order valence-corrected chi connectivity index (χ2v) is 4.09. The van der Waals surface area contributed by atoms with Crippen molar-refractivity contribution >= 4 is 5.91 Å². The third-order valence-electron chi connectivity index (χ3n) is 2.41. The number of rotatable bonds is 4. The number of aliphatic hydroxyl groups excluding tert-OH is 1. The first kappa shape index (κ1) is 15.3. The molecule has 7 heteroatoms. The molecule has 1 aromatic rings. The van der Waals surface area contributed by atoms with Crippen LogP contribution in [0, 0.1) is 6.92 Å². The lowest BCUT2D eigenvalue weighted by Crippen LogP contribution is -2.40. The zero-order valence-corrected chi connectivity index (χ0v) is 10.2. The van der Waals surface area contributed by atoms with Crippen molar-refractivity contribution in [1.82, 2.24) is 4.90 Å². The molecule has 0 saturated heterocycles. The molecule has 0 atom stereocenters. The second-order valence-electron chi connectivity index (χ2n) is 4.09. The molecule has 1 aromatic carbocycles. The Morgan fingerprint density at radius 1 is 1.37 bits per heavy atom. The molecular formula is C12H14F3NO3. The fourth-order valence-electron chi connectivity index (χ4n) is 1.58. The summed E-state index contributed by atoms with van der Waals surface area (Å²) in [6, 6.07) is 4.08. The van der Waals surface area contributed by atoms with E-state index in [-0.39, 0.29) is 11.3 Å². The Morgan fingerprint density at radius 3 is 2.53 bits per heavy atom. The number of halogens is 3. The van der Waals surface area contributed by atoms with E-state index in [4.69, 9.17) is 5.11 Å². The summed E-state index contributed by atoms with van der Waals surface area (Å²) in [6.45, 7) is -0.865. The summed E-state index contributed by atoms with van der Waals surface area (Å²) < 4.78 is 37.0. The highest BCUT2D eigenvalue weighted by atomic mass is 19.4. The molecule has 0 heterocycles. The molecule has 19 heavy (non-hydrogen) atoms. The molecule has 0 aliphatic heterocycles. The van der Waals surface area contributed by atoms with Crippen LogP contribution in [0.5, 0.6) is 5.75 Å². The van der Waals surface area contributed by atoms with Gasteiger partial charge in [-0.2, -0.15) is 13.2 Å². The van der Waals surface area contributed by atoms with Gasteiger partial charge in [-0.25, -0.2) is 0 Å². The molecular weight excluding hydrogens is 263 g/mol. The van der Waals surface area contributed by atoms with Gasteiger partial charge in [0.05, 0.1) is 12.2 Å². The van der Waals surface area contributed by atoms with Crippen LogP contribution >= 0.6 is 0 Å². The Kier molecular flexibility index (Phi) is 4.77. The van der Waals surface area contributed by atoms with Gasteiger partial charge >= 0.3 is 6.18 Å². The van der Waals surface area contributed by atoms with Crippen molar-refractivity contribution in [2.24, 2.45) is 0 Å². The number of benzene rings is 1. The average molecular weight is 277 g/mol. The van der Waals surface area contributed by atoms with Crippen LogP contribution in [0.3, 0.4) is 0 Å². The van der Waals surface area contributed by atoms with Gasteiger partial charge < -0.3 is 15.1 Å². The minimum atomic E-state index is -4.57. The second kappa shape index (κ2) is 5.92. The summed E-state index contributed by atoms with van der Waals surface area (Å²) in [6.07, 6.45) is -4.57. The van der Waals surface area contributed by atoms with Crippen molar-refractivity contribution in [2.45, 2.75) is 13.1 Å². The van der Waals surface area contributed by atoms with Crippen LogP contribution in [0.25, 0.3) is 0 Å². The highest BCUT2D eigenvalue weighted by molar-refractivity contribution is 5.97. The first-order valence-electron chi connectivity index (χ1n) is 5.51. The van der Waals surface area contributed by atoms with Gasteiger partial charge in [-0.05, 0) is 19.1 Å². The van der Waals surface area contributed by atoms with Crippen molar-refractivity contribution in [3.8, 4) is 5.75 Å². The topological polar surface area (TPSA) is 60.8 Å². The standard InChI is InChI=1S/C12H14F3NO3/c1-8-2-3-10(18)9(6-8)11(19)16(4-5-17)7-12(13,14)15/h2-3,6,17-18H,4-5,7H2,1H3. The minimum Gasteiger partial charge on any atom is -0.507 e. The number of hydrogen-bond donors (Lipinski definition) is 2. The lowest BCUT2D eigenvalue weighted by atomic mass is 10.1. The Balaban J connectivity index is 3.02. The molecule has 0 spiro atoms. The van der Waals surface area contributed by atoms with Gasteiger partial charge in [0, 0.05) is 6.54 Å². The number of aromatic hydroxyl groups is 1. The third kappa shape index (κ3) is 4.44. The molecule has 0 unspecified atom stereocenters. The monoisotopic (exact) mass is 277 g/mol. The number of aliphatic hydroxyl groups is 1. The number of phenols is 1. The molecule has 0 aliphatic rings. The number of hydrogen-bond acceptors (Lipinski definition) is 3. The fraction of sp³-hybridized carbons (Fsp3) is 0.417. The van der Waals surface area contributed by atoms with Crippen molar-refractivity contribution in [2.75, 3.05) is 19.7 Å². The summed E-state index contributed by atoms with van der Waals surface area (Å²) >= 11 is 0. The number of nitrogens with zero attached hydrogens (tertiary/aromatic N) is 1. The van der Waals surface area contributed by atoms with Crippen LogP contribution in [0.15, 0.2) is 18.2 Å². The number of phenolic OH excluding ortho intramolecular Hbond substituents is 1. The van der Waals surface area contributed by atoms with Crippen LogP contribution in [0.1, 0.15) is 15.9 Å². The van der Waals surface area contributed by atoms with Crippen LogP contribution in [-0.2, 0) is 0 Å². The lowest BCUT2D eigenvalue weighted by Gasteiger charge is -2.23. The molecule has 1 rings (SSSR count). The normalized spacial score (nSPS) is 11.4. The molecule has 0 fully saturated rings. The Hall–Kier alpha value is -1.76. The minimum absolute atomic E-state index is 0.210. The van der Waals surface area contributed by atoms with E-state index >= 15 is 0 Å². The van der Waals surface area contributed by atoms with E-state index in [1.807, 2.05) is 0 Å². The van der Waals surface area contributed by atoms with Crippen molar-refractivity contribution in [3.05, 3.63) is 29.3 Å². The van der Waals surface area contributed by atoms with E-state index in [1.54, 1.807) is 6.92 Å². The summed E-state index contributed by atoms with van der Waals surface area (Å²) in [7, 11) is 0. The largest absolute Gasteiger partial charge is 0.507 e. The molecule has 0 radical (unpaired) electrons. The summed E-state index contributed by atoms with van der Waals surface area (Å²) in [4.78, 5) is 12.4. The Labute approximate surface area is 108 Å². The van der Waals surface area contributed by atoms with Crippen LogP contribution < -0.4 is 0 Å². The highest BCUT2D eigenvalue weighted by Crippen LogP contribution is 2.23. The third-order valence-corrected chi connectivity index (χ3v) is 2.41. The van der Waals surface area contributed by atoms with E-state index in [0.29, 0.717) is 10.5 Å². The van der Waals surface area contributed by atoms with Crippen LogP contribution in [-0.4, -0.2) is 46.9 Å². The van der Waals surface area contributed by atoms with Gasteiger partial charge in [0.25, 0.3) is 5.91 Å². The van der Waals surface area contributed by atoms with E-state index < -0.39 is 31.8 Å². The quantitative estimate of drug-likeness (QED) is 0.880. The van der Waals surface area contributed by atoms with E-state index in [0.717, 1.165) is 0 Å². The van der Waals surface area contributed by atoms with Gasteiger partial charge in [0.2, 0.25) is 0 Å². The van der Waals surface area contributed by atoms with Gasteiger partial charge in [0.1, 0.15) is 12.3 Å². The van der Waals surface area contributed by atoms with Crippen molar-refractivity contribution in [1.29, 1.82) is 0 Å². The fourth-order valence-corrected chi connectivity index (χ4v) is 1.58. The number of carbonyl (C=O) groups is 1. The smallest absolute Gasteiger partial charge is 0.406 e.